The highest BCUT2D eigenvalue weighted by Crippen LogP contribution is 2.38. The Bertz CT molecular complexity index is 164. The summed E-state index contributed by atoms with van der Waals surface area (Å²) in [6, 6.07) is 0. The van der Waals surface area contributed by atoms with Crippen molar-refractivity contribution in [3.05, 3.63) is 0 Å². The average Bonchev–Trinajstić information content (AvgIpc) is 2.64. The number of hydrogen-bond donors (Lipinski definition) is 0. The van der Waals surface area contributed by atoms with Gasteiger partial charge in [-0.2, -0.15) is 0 Å². The average molecular weight is 198 g/mol. The summed E-state index contributed by atoms with van der Waals surface area (Å²) in [5, 5.41) is 0. The van der Waals surface area contributed by atoms with Crippen LogP contribution in [0.25, 0.3) is 0 Å². The van der Waals surface area contributed by atoms with Crippen LogP contribution in [-0.2, 0) is 4.74 Å². The van der Waals surface area contributed by atoms with Gasteiger partial charge in [0, 0.05) is 6.61 Å². The van der Waals surface area contributed by atoms with Crippen LogP contribution in [0, 0.1) is 16.7 Å². The van der Waals surface area contributed by atoms with Gasteiger partial charge in [0.1, 0.15) is 0 Å². The highest BCUT2D eigenvalue weighted by atomic mass is 16.5. The van der Waals surface area contributed by atoms with Crippen LogP contribution in [0.4, 0.5) is 0 Å². The maximum atomic E-state index is 6.09. The Labute approximate surface area is 89.2 Å². The first kappa shape index (κ1) is 12.0. The monoisotopic (exact) mass is 198 g/mol. The van der Waals surface area contributed by atoms with E-state index >= 15 is 0 Å². The Morgan fingerprint density at radius 1 is 1.00 bits per heavy atom. The van der Waals surface area contributed by atoms with Crippen molar-refractivity contribution in [1.82, 2.24) is 0 Å². The van der Waals surface area contributed by atoms with Crippen LogP contribution in [0.3, 0.4) is 0 Å². The lowest BCUT2D eigenvalue weighted by molar-refractivity contribution is -0.0852. The van der Waals surface area contributed by atoms with Crippen LogP contribution in [0.2, 0.25) is 0 Å². The zero-order chi connectivity index (χ0) is 11.0. The molecule has 1 heteroatoms. The summed E-state index contributed by atoms with van der Waals surface area (Å²) in [7, 11) is 0. The summed E-state index contributed by atoms with van der Waals surface area (Å²) in [6.07, 6.45) is 3.11. The molecular formula is C13H26O. The Hall–Kier alpha value is -0.0400. The smallest absolute Gasteiger partial charge is 0.0671 e. The standard InChI is InChI=1S/C13H26O/c1-12(2,3)11(13(4,5)6)14-9-10-7-8-10/h10-11H,7-9H2,1-6H3. The van der Waals surface area contributed by atoms with Crippen molar-refractivity contribution >= 4 is 0 Å². The molecule has 0 amide bonds. The van der Waals surface area contributed by atoms with Gasteiger partial charge >= 0.3 is 0 Å². The first-order valence-electron chi connectivity index (χ1n) is 5.83. The van der Waals surface area contributed by atoms with E-state index in [2.05, 4.69) is 41.5 Å². The second-order valence-electron chi connectivity index (χ2n) is 6.89. The molecule has 1 aliphatic rings. The summed E-state index contributed by atoms with van der Waals surface area (Å²) < 4.78 is 6.09. The van der Waals surface area contributed by atoms with Gasteiger partial charge in [-0.05, 0) is 29.6 Å². The van der Waals surface area contributed by atoms with Crippen LogP contribution in [0.1, 0.15) is 54.4 Å². The fourth-order valence-electron chi connectivity index (χ4n) is 2.32. The predicted molar refractivity (Wildman–Crippen MR) is 61.4 cm³/mol. The lowest BCUT2D eigenvalue weighted by Crippen LogP contribution is -2.40. The molecule has 0 radical (unpaired) electrons. The van der Waals surface area contributed by atoms with E-state index in [-0.39, 0.29) is 10.8 Å². The SMILES string of the molecule is CC(C)(C)C(OCC1CC1)C(C)(C)C. The lowest BCUT2D eigenvalue weighted by atomic mass is 9.74. The minimum absolute atomic E-state index is 0.243. The van der Waals surface area contributed by atoms with Crippen molar-refractivity contribution in [3.8, 4) is 0 Å². The normalized spacial score (nSPS) is 19.1. The van der Waals surface area contributed by atoms with E-state index in [4.69, 9.17) is 4.74 Å². The van der Waals surface area contributed by atoms with E-state index in [1.54, 1.807) is 0 Å². The third kappa shape index (κ3) is 3.61. The van der Waals surface area contributed by atoms with E-state index < -0.39 is 0 Å². The molecule has 84 valence electrons. The van der Waals surface area contributed by atoms with Crippen LogP contribution in [-0.4, -0.2) is 12.7 Å². The third-order valence-electron chi connectivity index (χ3n) is 2.77. The molecule has 1 rings (SSSR count). The molecule has 0 saturated heterocycles. The lowest BCUT2D eigenvalue weighted by Gasteiger charge is -2.40. The first-order chi connectivity index (χ1) is 6.21. The van der Waals surface area contributed by atoms with Crippen molar-refractivity contribution in [1.29, 1.82) is 0 Å². The Morgan fingerprint density at radius 3 is 1.71 bits per heavy atom. The van der Waals surface area contributed by atoms with E-state index in [9.17, 15) is 0 Å². The number of rotatable bonds is 3. The minimum Gasteiger partial charge on any atom is -0.377 e. The van der Waals surface area contributed by atoms with Crippen LogP contribution < -0.4 is 0 Å². The van der Waals surface area contributed by atoms with Crippen LogP contribution in [0.15, 0.2) is 0 Å². The maximum absolute atomic E-state index is 6.09. The maximum Gasteiger partial charge on any atom is 0.0671 e. The Balaban J connectivity index is 2.51. The zero-order valence-electron chi connectivity index (χ0n) is 10.7. The summed E-state index contributed by atoms with van der Waals surface area (Å²) in [4.78, 5) is 0. The molecule has 0 atom stereocenters. The Kier molecular flexibility index (Phi) is 3.30. The molecule has 0 bridgehead atoms. The molecular weight excluding hydrogens is 172 g/mol. The second kappa shape index (κ2) is 3.84. The molecule has 0 spiro atoms. The zero-order valence-corrected chi connectivity index (χ0v) is 10.7. The molecule has 1 fully saturated rings. The summed E-state index contributed by atoms with van der Waals surface area (Å²) in [6.45, 7) is 14.6. The summed E-state index contributed by atoms with van der Waals surface area (Å²) in [5.74, 6) is 0.863. The third-order valence-corrected chi connectivity index (χ3v) is 2.77. The summed E-state index contributed by atoms with van der Waals surface area (Å²) in [5.41, 5.74) is 0.486. The van der Waals surface area contributed by atoms with Crippen molar-refractivity contribution in [2.24, 2.45) is 16.7 Å². The molecule has 0 unspecified atom stereocenters. The molecule has 0 N–H and O–H groups in total. The predicted octanol–water partition coefficient (Wildman–Crippen LogP) is 3.87. The van der Waals surface area contributed by atoms with Gasteiger partial charge in [-0.15, -0.1) is 0 Å². The van der Waals surface area contributed by atoms with Gasteiger partial charge in [0.2, 0.25) is 0 Å². The quantitative estimate of drug-likeness (QED) is 0.669. The van der Waals surface area contributed by atoms with Crippen molar-refractivity contribution in [2.45, 2.75) is 60.5 Å². The second-order valence-corrected chi connectivity index (χ2v) is 6.89. The van der Waals surface area contributed by atoms with Gasteiger partial charge in [-0.25, -0.2) is 0 Å². The number of hydrogen-bond acceptors (Lipinski definition) is 1. The van der Waals surface area contributed by atoms with Gasteiger partial charge in [0.25, 0.3) is 0 Å². The van der Waals surface area contributed by atoms with Gasteiger partial charge in [0.15, 0.2) is 0 Å². The van der Waals surface area contributed by atoms with E-state index in [1.165, 1.54) is 12.8 Å². The van der Waals surface area contributed by atoms with Crippen molar-refractivity contribution in [3.63, 3.8) is 0 Å². The van der Waals surface area contributed by atoms with Crippen molar-refractivity contribution < 1.29 is 4.74 Å². The molecule has 1 saturated carbocycles. The largest absolute Gasteiger partial charge is 0.377 e. The molecule has 14 heavy (non-hydrogen) atoms. The molecule has 0 aromatic rings. The molecule has 0 heterocycles. The molecule has 0 aromatic heterocycles. The van der Waals surface area contributed by atoms with E-state index in [1.807, 2.05) is 0 Å². The van der Waals surface area contributed by atoms with E-state index in [0.29, 0.717) is 6.10 Å². The molecule has 1 nitrogen and oxygen atoms in total. The van der Waals surface area contributed by atoms with Crippen LogP contribution >= 0.6 is 0 Å². The van der Waals surface area contributed by atoms with Gasteiger partial charge < -0.3 is 4.74 Å². The first-order valence-corrected chi connectivity index (χ1v) is 5.83. The molecule has 1 aliphatic carbocycles. The van der Waals surface area contributed by atoms with E-state index in [0.717, 1.165) is 12.5 Å². The fraction of sp³-hybridized carbons (Fsp3) is 1.00. The van der Waals surface area contributed by atoms with Crippen molar-refractivity contribution in [2.75, 3.05) is 6.61 Å². The van der Waals surface area contributed by atoms with Gasteiger partial charge in [-0.1, -0.05) is 41.5 Å². The number of ether oxygens (including phenoxy) is 1. The summed E-state index contributed by atoms with van der Waals surface area (Å²) >= 11 is 0. The van der Waals surface area contributed by atoms with Gasteiger partial charge in [0.05, 0.1) is 6.10 Å². The fourth-order valence-corrected chi connectivity index (χ4v) is 2.32. The highest BCUT2D eigenvalue weighted by Gasteiger charge is 2.37. The highest BCUT2D eigenvalue weighted by molar-refractivity contribution is 4.86. The topological polar surface area (TPSA) is 9.23 Å². The van der Waals surface area contributed by atoms with Gasteiger partial charge in [-0.3, -0.25) is 0 Å². The Morgan fingerprint density at radius 2 is 1.43 bits per heavy atom. The minimum atomic E-state index is 0.243. The molecule has 0 aliphatic heterocycles. The van der Waals surface area contributed by atoms with Crippen LogP contribution in [0.5, 0.6) is 0 Å². The molecule has 0 aromatic carbocycles.